The molecule has 0 unspecified atom stereocenters. The molecule has 1 saturated heterocycles. The maximum atomic E-state index is 12.9. The molecule has 3 rings (SSSR count). The first-order chi connectivity index (χ1) is 14.0. The van der Waals surface area contributed by atoms with E-state index < -0.39 is 10.8 Å². The zero-order valence-electron chi connectivity index (χ0n) is 16.6. The van der Waals surface area contributed by atoms with Crippen LogP contribution in [0.25, 0.3) is 0 Å². The lowest BCUT2D eigenvalue weighted by Crippen LogP contribution is -2.37. The number of benzene rings is 2. The van der Waals surface area contributed by atoms with Gasteiger partial charge in [-0.3, -0.25) is 19.8 Å². The van der Waals surface area contributed by atoms with Crippen LogP contribution in [0.5, 0.6) is 11.5 Å². The van der Waals surface area contributed by atoms with Crippen molar-refractivity contribution >= 4 is 11.6 Å². The normalized spacial score (nSPS) is 15.0. The van der Waals surface area contributed by atoms with Crippen molar-refractivity contribution in [3.8, 4) is 11.5 Å². The molecule has 8 nitrogen and oxygen atoms in total. The summed E-state index contributed by atoms with van der Waals surface area (Å²) in [6.07, 6.45) is 2.25. The third-order valence-corrected chi connectivity index (χ3v) is 5.16. The zero-order chi connectivity index (χ0) is 20.8. The predicted molar refractivity (Wildman–Crippen MR) is 109 cm³/mol. The van der Waals surface area contributed by atoms with Gasteiger partial charge in [0.15, 0.2) is 11.5 Å². The molecule has 1 atom stereocenters. The van der Waals surface area contributed by atoms with E-state index in [2.05, 4.69) is 10.2 Å². The van der Waals surface area contributed by atoms with Crippen LogP contribution in [-0.2, 0) is 0 Å². The fourth-order valence-electron chi connectivity index (χ4n) is 3.67. The van der Waals surface area contributed by atoms with Crippen LogP contribution in [0.4, 0.5) is 5.69 Å². The van der Waals surface area contributed by atoms with Crippen LogP contribution >= 0.6 is 0 Å². The van der Waals surface area contributed by atoms with Crippen LogP contribution in [0.15, 0.2) is 42.5 Å². The average molecular weight is 399 g/mol. The van der Waals surface area contributed by atoms with Gasteiger partial charge in [-0.25, -0.2) is 0 Å². The van der Waals surface area contributed by atoms with Crippen molar-refractivity contribution in [1.29, 1.82) is 0 Å². The molecule has 8 heteroatoms. The molecular formula is C21H25N3O5. The van der Waals surface area contributed by atoms with Crippen molar-refractivity contribution in [2.75, 3.05) is 33.9 Å². The summed E-state index contributed by atoms with van der Waals surface area (Å²) in [5.74, 6) is -0.0461. The van der Waals surface area contributed by atoms with Gasteiger partial charge in [0.05, 0.1) is 31.3 Å². The Hall–Kier alpha value is -3.13. The highest BCUT2D eigenvalue weighted by molar-refractivity contribution is 5.99. The SMILES string of the molecule is COc1cc(C(=O)NC[C@H](c2ccccc2)N2CCCC2)c([N+](=O)[O-])cc1OC. The monoisotopic (exact) mass is 399 g/mol. The van der Waals surface area contributed by atoms with Crippen LogP contribution in [0.3, 0.4) is 0 Å². The van der Waals surface area contributed by atoms with E-state index in [9.17, 15) is 14.9 Å². The fourth-order valence-corrected chi connectivity index (χ4v) is 3.67. The molecule has 0 radical (unpaired) electrons. The Morgan fingerprint density at radius 1 is 1.14 bits per heavy atom. The lowest BCUT2D eigenvalue weighted by Gasteiger charge is -2.28. The van der Waals surface area contributed by atoms with Gasteiger partial charge in [-0.05, 0) is 31.5 Å². The molecule has 2 aromatic carbocycles. The first kappa shape index (κ1) is 20.6. The molecule has 1 amide bonds. The molecule has 0 bridgehead atoms. The van der Waals surface area contributed by atoms with Crippen molar-refractivity contribution in [2.24, 2.45) is 0 Å². The summed E-state index contributed by atoms with van der Waals surface area (Å²) in [6.45, 7) is 2.28. The Morgan fingerprint density at radius 3 is 2.34 bits per heavy atom. The number of amides is 1. The standard InChI is InChI=1S/C21H25N3O5/c1-28-19-12-16(17(24(26)27)13-20(19)29-2)21(25)22-14-18(23-10-6-7-11-23)15-8-4-3-5-9-15/h3-5,8-9,12-13,18H,6-7,10-11,14H2,1-2H3,(H,22,25)/t18-/m1/s1. The number of carbonyl (C=O) groups excluding carboxylic acids is 1. The number of ether oxygens (including phenoxy) is 2. The summed E-state index contributed by atoms with van der Waals surface area (Å²) in [4.78, 5) is 26.1. The number of likely N-dealkylation sites (tertiary alicyclic amines) is 1. The van der Waals surface area contributed by atoms with Crippen LogP contribution in [-0.4, -0.2) is 49.6 Å². The number of hydrogen-bond donors (Lipinski definition) is 1. The Kier molecular flexibility index (Phi) is 6.66. The second-order valence-electron chi connectivity index (χ2n) is 6.86. The van der Waals surface area contributed by atoms with E-state index in [1.54, 1.807) is 0 Å². The Balaban J connectivity index is 1.84. The average Bonchev–Trinajstić information content (AvgIpc) is 3.28. The topological polar surface area (TPSA) is 93.9 Å². The maximum absolute atomic E-state index is 12.9. The molecule has 1 fully saturated rings. The number of carbonyl (C=O) groups is 1. The number of nitrogens with one attached hydrogen (secondary N) is 1. The number of rotatable bonds is 8. The summed E-state index contributed by atoms with van der Waals surface area (Å²) < 4.78 is 10.3. The summed E-state index contributed by atoms with van der Waals surface area (Å²) in [7, 11) is 2.81. The van der Waals surface area contributed by atoms with Crippen molar-refractivity contribution in [1.82, 2.24) is 10.2 Å². The number of nitro groups is 1. The van der Waals surface area contributed by atoms with Gasteiger partial charge in [-0.2, -0.15) is 0 Å². The lowest BCUT2D eigenvalue weighted by atomic mass is 10.0. The molecule has 2 aromatic rings. The fraction of sp³-hybridized carbons (Fsp3) is 0.381. The minimum atomic E-state index is -0.591. The molecule has 0 spiro atoms. The Labute approximate surface area is 169 Å². The predicted octanol–water partition coefficient (Wildman–Crippen LogP) is 3.18. The molecule has 154 valence electrons. The maximum Gasteiger partial charge on any atom is 0.286 e. The highest BCUT2D eigenvalue weighted by atomic mass is 16.6. The van der Waals surface area contributed by atoms with Gasteiger partial charge in [-0.1, -0.05) is 30.3 Å². The number of nitrogens with zero attached hydrogens (tertiary/aromatic N) is 2. The van der Waals surface area contributed by atoms with E-state index in [4.69, 9.17) is 9.47 Å². The van der Waals surface area contributed by atoms with Gasteiger partial charge in [-0.15, -0.1) is 0 Å². The Morgan fingerprint density at radius 2 is 1.76 bits per heavy atom. The zero-order valence-corrected chi connectivity index (χ0v) is 16.6. The van der Waals surface area contributed by atoms with Crippen LogP contribution < -0.4 is 14.8 Å². The van der Waals surface area contributed by atoms with E-state index >= 15 is 0 Å². The first-order valence-electron chi connectivity index (χ1n) is 9.52. The molecule has 29 heavy (non-hydrogen) atoms. The number of nitro benzene ring substituents is 1. The summed E-state index contributed by atoms with van der Waals surface area (Å²) in [5.41, 5.74) is 0.731. The van der Waals surface area contributed by atoms with E-state index in [1.807, 2.05) is 30.3 Å². The quantitative estimate of drug-likeness (QED) is 0.541. The van der Waals surface area contributed by atoms with Crippen molar-refractivity contribution in [3.05, 3.63) is 63.7 Å². The van der Waals surface area contributed by atoms with Gasteiger partial charge in [0, 0.05) is 12.6 Å². The summed E-state index contributed by atoms with van der Waals surface area (Å²) in [5, 5.41) is 14.4. The van der Waals surface area contributed by atoms with Crippen LogP contribution in [0, 0.1) is 10.1 Å². The molecule has 1 N–H and O–H groups in total. The van der Waals surface area contributed by atoms with E-state index in [0.29, 0.717) is 6.54 Å². The molecular weight excluding hydrogens is 374 g/mol. The molecule has 0 aromatic heterocycles. The molecule has 1 aliphatic rings. The smallest absolute Gasteiger partial charge is 0.286 e. The third kappa shape index (κ3) is 4.65. The molecule has 1 heterocycles. The Bertz CT molecular complexity index is 866. The molecule has 1 aliphatic heterocycles. The lowest BCUT2D eigenvalue weighted by molar-refractivity contribution is -0.385. The third-order valence-electron chi connectivity index (χ3n) is 5.16. The second kappa shape index (κ2) is 9.38. The summed E-state index contributed by atoms with van der Waals surface area (Å²) >= 11 is 0. The van der Waals surface area contributed by atoms with Gasteiger partial charge in [0.1, 0.15) is 5.56 Å². The van der Waals surface area contributed by atoms with E-state index in [-0.39, 0.29) is 28.8 Å². The molecule has 0 aliphatic carbocycles. The van der Waals surface area contributed by atoms with Gasteiger partial charge < -0.3 is 14.8 Å². The number of methoxy groups -OCH3 is 2. The molecule has 0 saturated carbocycles. The van der Waals surface area contributed by atoms with Crippen LogP contribution in [0.1, 0.15) is 34.8 Å². The first-order valence-corrected chi connectivity index (χ1v) is 9.52. The van der Waals surface area contributed by atoms with E-state index in [0.717, 1.165) is 31.5 Å². The van der Waals surface area contributed by atoms with Gasteiger partial charge in [0.25, 0.3) is 11.6 Å². The second-order valence-corrected chi connectivity index (χ2v) is 6.86. The number of hydrogen-bond acceptors (Lipinski definition) is 6. The van der Waals surface area contributed by atoms with Crippen LogP contribution in [0.2, 0.25) is 0 Å². The largest absolute Gasteiger partial charge is 0.493 e. The summed E-state index contributed by atoms with van der Waals surface area (Å²) in [6, 6.07) is 12.5. The van der Waals surface area contributed by atoms with Gasteiger partial charge in [0.2, 0.25) is 0 Å². The minimum absolute atomic E-state index is 0.0156. The van der Waals surface area contributed by atoms with E-state index in [1.165, 1.54) is 26.4 Å². The minimum Gasteiger partial charge on any atom is -0.493 e. The highest BCUT2D eigenvalue weighted by Crippen LogP contribution is 2.34. The van der Waals surface area contributed by atoms with Crippen molar-refractivity contribution < 1.29 is 19.2 Å². The highest BCUT2D eigenvalue weighted by Gasteiger charge is 2.27. The van der Waals surface area contributed by atoms with Crippen molar-refractivity contribution in [3.63, 3.8) is 0 Å². The van der Waals surface area contributed by atoms with Crippen molar-refractivity contribution in [2.45, 2.75) is 18.9 Å². The van der Waals surface area contributed by atoms with Gasteiger partial charge >= 0.3 is 0 Å².